The van der Waals surface area contributed by atoms with Crippen molar-refractivity contribution in [3.63, 3.8) is 0 Å². The molecule has 0 saturated heterocycles. The number of benzene rings is 2. The number of nitrogens with two attached hydrogens (primary N) is 1. The molecule has 20 heavy (non-hydrogen) atoms. The minimum absolute atomic E-state index is 0.321. The van der Waals surface area contributed by atoms with Gasteiger partial charge in [-0.3, -0.25) is 0 Å². The molecule has 1 atom stereocenters. The van der Waals surface area contributed by atoms with Gasteiger partial charge in [-0.25, -0.2) is 0 Å². The fourth-order valence-electron chi connectivity index (χ4n) is 1.91. The smallest absolute Gasteiger partial charge is 0.324 e. The summed E-state index contributed by atoms with van der Waals surface area (Å²) in [6, 6.07) is 12.4. The maximum absolute atomic E-state index is 12.5. The number of alkyl halides is 3. The minimum Gasteiger partial charge on any atom is -0.324 e. The van der Waals surface area contributed by atoms with E-state index < -0.39 is 11.7 Å². The largest absolute Gasteiger partial charge is 0.416 e. The molecule has 5 heteroatoms. The van der Waals surface area contributed by atoms with Crippen molar-refractivity contribution in [2.75, 3.05) is 0 Å². The zero-order valence-corrected chi connectivity index (χ0v) is 12.1. The quantitative estimate of drug-likeness (QED) is 0.857. The topological polar surface area (TPSA) is 26.0 Å². The first kappa shape index (κ1) is 15.1. The highest BCUT2D eigenvalue weighted by Gasteiger charge is 2.30. The molecule has 0 amide bonds. The average Bonchev–Trinajstić information content (AvgIpc) is 2.40. The van der Waals surface area contributed by atoms with E-state index in [0.717, 1.165) is 22.2 Å². The standard InChI is InChI=1S/C15H13BrF3N/c16-13-7-1-10(2-8-13)9-14(20)11-3-5-12(6-4-11)15(17,18)19/h1-8,14H,9,20H2. The Labute approximate surface area is 123 Å². The molecule has 1 unspecified atom stereocenters. The van der Waals surface area contributed by atoms with E-state index in [1.165, 1.54) is 12.1 Å². The molecule has 0 saturated carbocycles. The highest BCUT2D eigenvalue weighted by Crippen LogP contribution is 2.30. The predicted octanol–water partition coefficient (Wildman–Crippen LogP) is 4.71. The number of halogens is 4. The Morgan fingerprint density at radius 3 is 2.00 bits per heavy atom. The summed E-state index contributed by atoms with van der Waals surface area (Å²) in [5.41, 5.74) is 7.11. The Bertz CT molecular complexity index is 561. The Morgan fingerprint density at radius 2 is 1.50 bits per heavy atom. The first-order valence-corrected chi connectivity index (χ1v) is 6.83. The van der Waals surface area contributed by atoms with Crippen LogP contribution in [0.3, 0.4) is 0 Å². The molecule has 106 valence electrons. The highest BCUT2D eigenvalue weighted by molar-refractivity contribution is 9.10. The summed E-state index contributed by atoms with van der Waals surface area (Å²) in [5.74, 6) is 0. The zero-order valence-electron chi connectivity index (χ0n) is 10.5. The monoisotopic (exact) mass is 343 g/mol. The van der Waals surface area contributed by atoms with Gasteiger partial charge in [0, 0.05) is 10.5 Å². The van der Waals surface area contributed by atoms with Gasteiger partial charge in [0.15, 0.2) is 0 Å². The van der Waals surface area contributed by atoms with Crippen LogP contribution in [-0.4, -0.2) is 0 Å². The lowest BCUT2D eigenvalue weighted by atomic mass is 9.99. The summed E-state index contributed by atoms with van der Waals surface area (Å²) < 4.78 is 38.4. The van der Waals surface area contributed by atoms with Crippen molar-refractivity contribution in [2.24, 2.45) is 5.73 Å². The van der Waals surface area contributed by atoms with Gasteiger partial charge < -0.3 is 5.73 Å². The van der Waals surface area contributed by atoms with Gasteiger partial charge in [0.05, 0.1) is 5.56 Å². The molecule has 0 spiro atoms. The SMILES string of the molecule is NC(Cc1ccc(Br)cc1)c1ccc(C(F)(F)F)cc1. The summed E-state index contributed by atoms with van der Waals surface area (Å²) >= 11 is 3.35. The minimum atomic E-state index is -4.31. The maximum atomic E-state index is 12.5. The number of hydrogen-bond acceptors (Lipinski definition) is 1. The fraction of sp³-hybridized carbons (Fsp3) is 0.200. The fourth-order valence-corrected chi connectivity index (χ4v) is 2.18. The highest BCUT2D eigenvalue weighted by atomic mass is 79.9. The zero-order chi connectivity index (χ0) is 14.8. The second-order valence-electron chi connectivity index (χ2n) is 4.56. The van der Waals surface area contributed by atoms with Crippen LogP contribution in [0, 0.1) is 0 Å². The second-order valence-corrected chi connectivity index (χ2v) is 5.47. The van der Waals surface area contributed by atoms with Crippen LogP contribution in [0.15, 0.2) is 53.0 Å². The Hall–Kier alpha value is -1.33. The Kier molecular flexibility index (Phi) is 4.50. The lowest BCUT2D eigenvalue weighted by Gasteiger charge is -2.14. The van der Waals surface area contributed by atoms with Crippen molar-refractivity contribution in [1.29, 1.82) is 0 Å². The molecule has 0 radical (unpaired) electrons. The molecule has 2 aromatic rings. The van der Waals surface area contributed by atoms with Crippen molar-refractivity contribution >= 4 is 15.9 Å². The van der Waals surface area contributed by atoms with Crippen molar-refractivity contribution in [1.82, 2.24) is 0 Å². The molecule has 0 heterocycles. The van der Waals surface area contributed by atoms with E-state index in [9.17, 15) is 13.2 Å². The van der Waals surface area contributed by atoms with Crippen molar-refractivity contribution in [2.45, 2.75) is 18.6 Å². The van der Waals surface area contributed by atoms with E-state index in [1.54, 1.807) is 0 Å². The van der Waals surface area contributed by atoms with Crippen LogP contribution < -0.4 is 5.73 Å². The molecule has 0 aliphatic carbocycles. The van der Waals surface area contributed by atoms with Crippen LogP contribution in [0.5, 0.6) is 0 Å². The normalized spacial score (nSPS) is 13.2. The van der Waals surface area contributed by atoms with Gasteiger partial charge in [0.2, 0.25) is 0 Å². The summed E-state index contributed by atoms with van der Waals surface area (Å²) in [4.78, 5) is 0. The van der Waals surface area contributed by atoms with Crippen LogP contribution in [0.1, 0.15) is 22.7 Å². The third-order valence-corrected chi connectivity index (χ3v) is 3.56. The third kappa shape index (κ3) is 3.84. The van der Waals surface area contributed by atoms with Crippen LogP contribution in [0.2, 0.25) is 0 Å². The molecule has 0 fully saturated rings. The first-order valence-electron chi connectivity index (χ1n) is 6.03. The van der Waals surface area contributed by atoms with Crippen molar-refractivity contribution in [3.8, 4) is 0 Å². The van der Waals surface area contributed by atoms with Crippen LogP contribution >= 0.6 is 15.9 Å². The lowest BCUT2D eigenvalue weighted by Crippen LogP contribution is -2.14. The summed E-state index contributed by atoms with van der Waals surface area (Å²) in [6.07, 6.45) is -3.73. The molecule has 1 nitrogen and oxygen atoms in total. The van der Waals surface area contributed by atoms with Crippen LogP contribution in [0.25, 0.3) is 0 Å². The van der Waals surface area contributed by atoms with Crippen LogP contribution in [-0.2, 0) is 12.6 Å². The van der Waals surface area contributed by atoms with Gasteiger partial charge in [-0.1, -0.05) is 40.2 Å². The summed E-state index contributed by atoms with van der Waals surface area (Å²) in [7, 11) is 0. The molecule has 0 aliphatic heterocycles. The van der Waals surface area contributed by atoms with Gasteiger partial charge in [0.25, 0.3) is 0 Å². The molecule has 2 N–H and O–H groups in total. The van der Waals surface area contributed by atoms with E-state index in [-0.39, 0.29) is 6.04 Å². The predicted molar refractivity (Wildman–Crippen MR) is 76.2 cm³/mol. The van der Waals surface area contributed by atoms with Gasteiger partial charge in [-0.05, 0) is 41.8 Å². The molecule has 0 aliphatic rings. The van der Waals surface area contributed by atoms with Gasteiger partial charge >= 0.3 is 6.18 Å². The molecule has 2 rings (SSSR count). The van der Waals surface area contributed by atoms with Gasteiger partial charge in [0.1, 0.15) is 0 Å². The van der Waals surface area contributed by atoms with Crippen LogP contribution in [0.4, 0.5) is 13.2 Å². The van der Waals surface area contributed by atoms with Crippen molar-refractivity contribution < 1.29 is 13.2 Å². The van der Waals surface area contributed by atoms with E-state index in [0.29, 0.717) is 12.0 Å². The van der Waals surface area contributed by atoms with E-state index >= 15 is 0 Å². The third-order valence-electron chi connectivity index (χ3n) is 3.04. The molecule has 0 aromatic heterocycles. The summed E-state index contributed by atoms with van der Waals surface area (Å²) in [5, 5.41) is 0. The van der Waals surface area contributed by atoms with E-state index in [4.69, 9.17) is 5.73 Å². The second kappa shape index (κ2) is 5.97. The number of hydrogen-bond donors (Lipinski definition) is 1. The van der Waals surface area contributed by atoms with Crippen molar-refractivity contribution in [3.05, 3.63) is 69.7 Å². The maximum Gasteiger partial charge on any atom is 0.416 e. The Balaban J connectivity index is 2.09. The average molecular weight is 344 g/mol. The van der Waals surface area contributed by atoms with Gasteiger partial charge in [-0.15, -0.1) is 0 Å². The van der Waals surface area contributed by atoms with Gasteiger partial charge in [-0.2, -0.15) is 13.2 Å². The number of rotatable bonds is 3. The van der Waals surface area contributed by atoms with E-state index in [1.807, 2.05) is 24.3 Å². The molecular formula is C15H13BrF3N. The summed E-state index contributed by atoms with van der Waals surface area (Å²) in [6.45, 7) is 0. The van der Waals surface area contributed by atoms with E-state index in [2.05, 4.69) is 15.9 Å². The molecule has 2 aromatic carbocycles. The first-order chi connectivity index (χ1) is 9.36. The molecular weight excluding hydrogens is 331 g/mol. The Morgan fingerprint density at radius 1 is 0.950 bits per heavy atom. The lowest BCUT2D eigenvalue weighted by molar-refractivity contribution is -0.137. The molecule has 0 bridgehead atoms.